The summed E-state index contributed by atoms with van der Waals surface area (Å²) in [6.45, 7) is 0. The van der Waals surface area contributed by atoms with Crippen LogP contribution in [0.3, 0.4) is 0 Å². The number of hydrogen-bond donors (Lipinski definition) is 0. The van der Waals surface area contributed by atoms with E-state index in [1.165, 1.54) is 0 Å². The molecule has 5 heteroatoms. The Morgan fingerprint density at radius 1 is 0.361 bits per heavy atom. The van der Waals surface area contributed by atoms with Crippen molar-refractivity contribution in [3.63, 3.8) is 0 Å². The maximum atomic E-state index is 5.01. The summed E-state index contributed by atoms with van der Waals surface area (Å²) in [4.78, 5) is 13.7. The average molecular weight is 464 g/mol. The molecule has 0 aliphatic rings. The zero-order valence-corrected chi connectivity index (χ0v) is 19.4. The van der Waals surface area contributed by atoms with E-state index < -0.39 is 0 Å². The quantitative estimate of drug-likeness (QED) is 0.275. The van der Waals surface area contributed by atoms with E-state index in [9.17, 15) is 0 Å². The lowest BCUT2D eigenvalue weighted by atomic mass is 9.92. The van der Waals surface area contributed by atoms with E-state index in [2.05, 4.69) is 63.6 Å². The molecule has 0 atom stereocenters. The fourth-order valence-corrected chi connectivity index (χ4v) is 4.32. The molecule has 2 heterocycles. The number of hydrogen-bond acceptors (Lipinski definition) is 5. The smallest absolute Gasteiger partial charge is 0.220 e. The Morgan fingerprint density at radius 2 is 0.833 bits per heavy atom. The van der Waals surface area contributed by atoms with Crippen LogP contribution in [0.2, 0.25) is 0 Å². The second-order valence-electron chi connectivity index (χ2n) is 8.23. The molecule has 0 unspecified atom stereocenters. The first-order valence-electron chi connectivity index (χ1n) is 11.7. The minimum Gasteiger partial charge on any atom is -0.234 e. The minimum absolute atomic E-state index is 0.384. The van der Waals surface area contributed by atoms with Gasteiger partial charge in [0.25, 0.3) is 0 Å². The van der Waals surface area contributed by atoms with Crippen molar-refractivity contribution in [3.8, 4) is 56.4 Å². The van der Waals surface area contributed by atoms with Crippen LogP contribution in [0.4, 0.5) is 0 Å². The van der Waals surface area contributed by atoms with Gasteiger partial charge in [-0.2, -0.15) is 0 Å². The average Bonchev–Trinajstić information content (AvgIpc) is 2.98. The third kappa shape index (κ3) is 4.14. The van der Waals surface area contributed by atoms with Gasteiger partial charge in [-0.05, 0) is 28.3 Å². The lowest BCUT2D eigenvalue weighted by molar-refractivity contribution is 0.964. The summed E-state index contributed by atoms with van der Waals surface area (Å²) in [5.41, 5.74) is 7.70. The lowest BCUT2D eigenvalue weighted by Gasteiger charge is -2.15. The molecule has 2 aromatic heterocycles. The molecule has 0 aliphatic heterocycles. The van der Waals surface area contributed by atoms with Crippen molar-refractivity contribution in [2.75, 3.05) is 0 Å². The Bertz CT molecular complexity index is 1620. The van der Waals surface area contributed by atoms with Gasteiger partial charge in [0.15, 0.2) is 5.82 Å². The molecule has 0 radical (unpaired) electrons. The summed E-state index contributed by atoms with van der Waals surface area (Å²) >= 11 is 0. The van der Waals surface area contributed by atoms with Gasteiger partial charge >= 0.3 is 0 Å². The monoisotopic (exact) mass is 463 g/mol. The highest BCUT2D eigenvalue weighted by molar-refractivity contribution is 5.92. The lowest BCUT2D eigenvalue weighted by Crippen LogP contribution is -2.03. The Hall–Kier alpha value is -5.03. The van der Waals surface area contributed by atoms with E-state index in [-0.39, 0.29) is 0 Å². The molecule has 0 amide bonds. The van der Waals surface area contributed by atoms with Crippen LogP contribution in [0.25, 0.3) is 56.4 Å². The van der Waals surface area contributed by atoms with E-state index in [1.54, 1.807) is 18.5 Å². The third-order valence-corrected chi connectivity index (χ3v) is 5.99. The van der Waals surface area contributed by atoms with Crippen molar-refractivity contribution < 1.29 is 0 Å². The standard InChI is InChI=1S/C31H21N5/c1-3-12-22(13-4-1)24-16-7-9-18-26(24)28-29(35-36-31(34-28)30-32-20-11-21-33-30)27-19-10-8-17-25(27)23-14-5-2-6-15-23/h1-21H. The molecule has 0 N–H and O–H groups in total. The van der Waals surface area contributed by atoms with Crippen molar-refractivity contribution in [1.82, 2.24) is 25.1 Å². The molecule has 36 heavy (non-hydrogen) atoms. The van der Waals surface area contributed by atoms with Gasteiger partial charge in [-0.1, -0.05) is 109 Å². The predicted molar refractivity (Wildman–Crippen MR) is 143 cm³/mol. The predicted octanol–water partition coefficient (Wildman–Crippen LogP) is 7.00. The molecule has 170 valence electrons. The molecule has 0 bridgehead atoms. The summed E-state index contributed by atoms with van der Waals surface area (Å²) in [5.74, 6) is 0.820. The molecule has 6 rings (SSSR count). The zero-order valence-electron chi connectivity index (χ0n) is 19.4. The summed E-state index contributed by atoms with van der Waals surface area (Å²) in [6.07, 6.45) is 3.36. The first-order valence-corrected chi connectivity index (χ1v) is 11.7. The van der Waals surface area contributed by atoms with Crippen LogP contribution in [0, 0.1) is 0 Å². The van der Waals surface area contributed by atoms with E-state index in [1.807, 2.05) is 60.7 Å². The van der Waals surface area contributed by atoms with E-state index >= 15 is 0 Å². The highest BCUT2D eigenvalue weighted by Crippen LogP contribution is 2.39. The normalized spacial score (nSPS) is 10.8. The second kappa shape index (κ2) is 9.68. The van der Waals surface area contributed by atoms with Crippen LogP contribution in [0.1, 0.15) is 0 Å². The molecule has 5 nitrogen and oxygen atoms in total. The molecule has 0 fully saturated rings. The highest BCUT2D eigenvalue weighted by Gasteiger charge is 2.20. The first kappa shape index (κ1) is 21.5. The van der Waals surface area contributed by atoms with Crippen LogP contribution >= 0.6 is 0 Å². The fraction of sp³-hybridized carbons (Fsp3) is 0. The highest BCUT2D eigenvalue weighted by atomic mass is 15.2. The first-order chi connectivity index (χ1) is 17.9. The van der Waals surface area contributed by atoms with Crippen LogP contribution in [-0.4, -0.2) is 25.1 Å². The van der Waals surface area contributed by atoms with Gasteiger partial charge in [0, 0.05) is 23.5 Å². The third-order valence-electron chi connectivity index (χ3n) is 5.99. The maximum Gasteiger partial charge on any atom is 0.220 e. The van der Waals surface area contributed by atoms with E-state index in [0.29, 0.717) is 17.3 Å². The van der Waals surface area contributed by atoms with Crippen molar-refractivity contribution >= 4 is 0 Å². The summed E-state index contributed by atoms with van der Waals surface area (Å²) in [7, 11) is 0. The number of rotatable bonds is 5. The Balaban J connectivity index is 1.63. The van der Waals surface area contributed by atoms with Gasteiger partial charge in [-0.25, -0.2) is 15.0 Å². The summed E-state index contributed by atoms with van der Waals surface area (Å²) in [6, 6.07) is 38.9. The van der Waals surface area contributed by atoms with Gasteiger partial charge in [0.05, 0.1) is 0 Å². The number of aromatic nitrogens is 5. The van der Waals surface area contributed by atoms with Gasteiger partial charge in [-0.3, -0.25) is 0 Å². The molecule has 0 saturated carbocycles. The fourth-order valence-electron chi connectivity index (χ4n) is 4.32. The molecular formula is C31H21N5. The van der Waals surface area contributed by atoms with Crippen LogP contribution in [-0.2, 0) is 0 Å². The van der Waals surface area contributed by atoms with Crippen molar-refractivity contribution in [2.24, 2.45) is 0 Å². The SMILES string of the molecule is c1ccc(-c2ccccc2-c2nnc(-c3ncccn3)nc2-c2ccccc2-c2ccccc2)cc1. The number of nitrogens with zero attached hydrogens (tertiary/aromatic N) is 5. The van der Waals surface area contributed by atoms with E-state index in [4.69, 9.17) is 10.1 Å². The van der Waals surface area contributed by atoms with Crippen LogP contribution < -0.4 is 0 Å². The largest absolute Gasteiger partial charge is 0.234 e. The maximum absolute atomic E-state index is 5.01. The molecule has 0 saturated heterocycles. The van der Waals surface area contributed by atoms with Gasteiger partial charge in [0.2, 0.25) is 5.82 Å². The van der Waals surface area contributed by atoms with Crippen molar-refractivity contribution in [1.29, 1.82) is 0 Å². The van der Waals surface area contributed by atoms with Crippen LogP contribution in [0.15, 0.2) is 128 Å². The Kier molecular flexibility index (Phi) is 5.78. The zero-order chi connectivity index (χ0) is 24.2. The minimum atomic E-state index is 0.384. The van der Waals surface area contributed by atoms with Gasteiger partial charge in [-0.15, -0.1) is 10.2 Å². The topological polar surface area (TPSA) is 64.5 Å². The van der Waals surface area contributed by atoms with Gasteiger partial charge < -0.3 is 0 Å². The number of benzene rings is 4. The molecule has 0 spiro atoms. The molecule has 6 aromatic rings. The van der Waals surface area contributed by atoms with Crippen LogP contribution in [0.5, 0.6) is 0 Å². The molecular weight excluding hydrogens is 442 g/mol. The Morgan fingerprint density at radius 3 is 1.39 bits per heavy atom. The molecule has 4 aromatic carbocycles. The summed E-state index contributed by atoms with van der Waals surface area (Å²) < 4.78 is 0. The van der Waals surface area contributed by atoms with Crippen molar-refractivity contribution in [3.05, 3.63) is 128 Å². The van der Waals surface area contributed by atoms with E-state index in [0.717, 1.165) is 39.1 Å². The van der Waals surface area contributed by atoms with Crippen molar-refractivity contribution in [2.45, 2.75) is 0 Å². The Labute approximate surface area is 209 Å². The summed E-state index contributed by atoms with van der Waals surface area (Å²) in [5, 5.41) is 9.19. The second-order valence-corrected chi connectivity index (χ2v) is 8.23. The molecule has 0 aliphatic carbocycles. The van der Waals surface area contributed by atoms with Gasteiger partial charge in [0.1, 0.15) is 11.4 Å².